The van der Waals surface area contributed by atoms with Crippen LogP contribution in [0.2, 0.25) is 0 Å². The summed E-state index contributed by atoms with van der Waals surface area (Å²) in [6.07, 6.45) is 3.93. The molecule has 210 valence electrons. The zero-order chi connectivity index (χ0) is 28.3. The Morgan fingerprint density at radius 2 is 1.70 bits per heavy atom. The molecule has 1 fully saturated rings. The highest BCUT2D eigenvalue weighted by molar-refractivity contribution is 5.99. The number of nitrogens with zero attached hydrogens (tertiary/aromatic N) is 5. The minimum absolute atomic E-state index is 0.0652. The highest BCUT2D eigenvalue weighted by Gasteiger charge is 2.34. The number of benzene rings is 2. The summed E-state index contributed by atoms with van der Waals surface area (Å²) in [6, 6.07) is 10.5. The molecule has 0 aliphatic heterocycles. The third-order valence-electron chi connectivity index (χ3n) is 7.26. The van der Waals surface area contributed by atoms with Crippen LogP contribution in [0.4, 0.5) is 35.2 Å². The second-order valence-corrected chi connectivity index (χ2v) is 9.96. The lowest BCUT2D eigenvalue weighted by Crippen LogP contribution is -2.33. The van der Waals surface area contributed by atoms with Gasteiger partial charge in [0.05, 0.1) is 5.56 Å². The average Bonchev–Trinajstić information content (AvgIpc) is 3.38. The predicted molar refractivity (Wildman–Crippen MR) is 149 cm³/mol. The lowest BCUT2D eigenvalue weighted by molar-refractivity contribution is -0.138. The maximum absolute atomic E-state index is 13.9. The van der Waals surface area contributed by atoms with Crippen molar-refractivity contribution in [2.45, 2.75) is 50.9 Å². The summed E-state index contributed by atoms with van der Waals surface area (Å²) in [4.78, 5) is 27.4. The monoisotopic (exact) mass is 552 g/mol. The molecule has 2 aromatic carbocycles. The molecule has 1 aliphatic carbocycles. The Balaban J connectivity index is 1.26. The van der Waals surface area contributed by atoms with Gasteiger partial charge in [0.1, 0.15) is 12.7 Å². The molecule has 12 heteroatoms. The first-order valence-electron chi connectivity index (χ1n) is 13.2. The molecule has 0 unspecified atom stereocenters. The van der Waals surface area contributed by atoms with Gasteiger partial charge in [-0.1, -0.05) is 25.3 Å². The van der Waals surface area contributed by atoms with Crippen LogP contribution in [0, 0.1) is 0 Å². The summed E-state index contributed by atoms with van der Waals surface area (Å²) in [5.41, 5.74) is 1.99. The Hall–Kier alpha value is -4.19. The summed E-state index contributed by atoms with van der Waals surface area (Å²) in [6.45, 7) is 0.201. The molecule has 2 aromatic heterocycles. The highest BCUT2D eigenvalue weighted by Crippen LogP contribution is 2.35. The SMILES string of the molecule is CNc1ncnc2c1ncn2-c1ccc(NC(=O)Nc2ccc(CN(C)C3CCCCC3)c(C(F)(F)F)c2)cc1. The van der Waals surface area contributed by atoms with E-state index in [-0.39, 0.29) is 23.8 Å². The summed E-state index contributed by atoms with van der Waals surface area (Å²) in [7, 11) is 3.63. The Kier molecular flexibility index (Phi) is 7.88. The molecule has 0 saturated heterocycles. The van der Waals surface area contributed by atoms with Gasteiger partial charge in [-0.2, -0.15) is 13.2 Å². The van der Waals surface area contributed by atoms with E-state index in [1.54, 1.807) is 42.2 Å². The minimum Gasteiger partial charge on any atom is -0.371 e. The largest absolute Gasteiger partial charge is 0.416 e. The molecule has 0 spiro atoms. The number of fused-ring (bicyclic) bond motifs is 1. The fourth-order valence-electron chi connectivity index (χ4n) is 5.18. The third-order valence-corrected chi connectivity index (χ3v) is 7.26. The van der Waals surface area contributed by atoms with Crippen LogP contribution < -0.4 is 16.0 Å². The number of amides is 2. The fraction of sp³-hybridized carbons (Fsp3) is 0.357. The first-order chi connectivity index (χ1) is 19.2. The number of alkyl halides is 3. The lowest BCUT2D eigenvalue weighted by atomic mass is 9.94. The van der Waals surface area contributed by atoms with Crippen molar-refractivity contribution >= 4 is 34.4 Å². The van der Waals surface area contributed by atoms with Crippen LogP contribution in [-0.2, 0) is 12.7 Å². The van der Waals surface area contributed by atoms with Gasteiger partial charge in [-0.25, -0.2) is 19.7 Å². The van der Waals surface area contributed by atoms with Crippen molar-refractivity contribution in [2.75, 3.05) is 30.0 Å². The number of hydrogen-bond donors (Lipinski definition) is 3. The second kappa shape index (κ2) is 11.5. The zero-order valence-corrected chi connectivity index (χ0v) is 22.3. The topological polar surface area (TPSA) is 100 Å². The molecule has 1 aliphatic rings. The van der Waals surface area contributed by atoms with E-state index in [1.165, 1.54) is 24.9 Å². The first-order valence-corrected chi connectivity index (χ1v) is 13.2. The molecule has 3 N–H and O–H groups in total. The average molecular weight is 553 g/mol. The molecule has 0 radical (unpaired) electrons. The molecule has 9 nitrogen and oxygen atoms in total. The van der Waals surface area contributed by atoms with Crippen molar-refractivity contribution in [3.05, 3.63) is 66.2 Å². The van der Waals surface area contributed by atoms with Crippen LogP contribution >= 0.6 is 0 Å². The van der Waals surface area contributed by atoms with E-state index in [4.69, 9.17) is 0 Å². The van der Waals surface area contributed by atoms with Gasteiger partial charge in [0.25, 0.3) is 0 Å². The molecule has 40 heavy (non-hydrogen) atoms. The van der Waals surface area contributed by atoms with Crippen molar-refractivity contribution in [1.82, 2.24) is 24.4 Å². The Bertz CT molecular complexity index is 1480. The van der Waals surface area contributed by atoms with Gasteiger partial charge < -0.3 is 16.0 Å². The number of imidazole rings is 1. The Morgan fingerprint density at radius 1 is 1.00 bits per heavy atom. The molecule has 2 heterocycles. The van der Waals surface area contributed by atoms with E-state index in [1.807, 2.05) is 11.9 Å². The van der Waals surface area contributed by atoms with Crippen molar-refractivity contribution in [3.8, 4) is 5.69 Å². The van der Waals surface area contributed by atoms with Crippen LogP contribution in [0.5, 0.6) is 0 Å². The number of nitrogens with one attached hydrogen (secondary N) is 3. The van der Waals surface area contributed by atoms with Gasteiger partial charge in [0.2, 0.25) is 0 Å². The number of anilines is 3. The first kappa shape index (κ1) is 27.4. The molecular weight excluding hydrogens is 521 g/mol. The molecule has 0 bridgehead atoms. The van der Waals surface area contributed by atoms with Gasteiger partial charge in [0.15, 0.2) is 17.0 Å². The normalized spacial score (nSPS) is 14.4. The van der Waals surface area contributed by atoms with Gasteiger partial charge in [0, 0.05) is 36.7 Å². The number of urea groups is 1. The Morgan fingerprint density at radius 3 is 2.40 bits per heavy atom. The van der Waals surface area contributed by atoms with E-state index in [0.717, 1.165) is 37.4 Å². The summed E-state index contributed by atoms with van der Waals surface area (Å²) in [5, 5.41) is 8.17. The van der Waals surface area contributed by atoms with Crippen LogP contribution in [0.15, 0.2) is 55.1 Å². The van der Waals surface area contributed by atoms with E-state index >= 15 is 0 Å². The van der Waals surface area contributed by atoms with E-state index < -0.39 is 17.8 Å². The summed E-state index contributed by atoms with van der Waals surface area (Å²) in [5.74, 6) is 0.608. The molecular formula is C28H31F3N8O. The van der Waals surface area contributed by atoms with E-state index in [0.29, 0.717) is 22.7 Å². The predicted octanol–water partition coefficient (Wildman–Crippen LogP) is 6.28. The third kappa shape index (κ3) is 6.01. The highest BCUT2D eigenvalue weighted by atomic mass is 19.4. The number of aromatic nitrogens is 4. The second-order valence-electron chi connectivity index (χ2n) is 9.96. The van der Waals surface area contributed by atoms with Crippen LogP contribution in [0.1, 0.15) is 43.2 Å². The summed E-state index contributed by atoms with van der Waals surface area (Å²) >= 11 is 0. The van der Waals surface area contributed by atoms with Gasteiger partial charge in [-0.3, -0.25) is 9.47 Å². The number of carbonyl (C=O) groups is 1. The van der Waals surface area contributed by atoms with Crippen molar-refractivity contribution in [2.24, 2.45) is 0 Å². The molecule has 5 rings (SSSR count). The van der Waals surface area contributed by atoms with Crippen LogP contribution in [0.3, 0.4) is 0 Å². The van der Waals surface area contributed by atoms with E-state index in [9.17, 15) is 18.0 Å². The van der Waals surface area contributed by atoms with Crippen LogP contribution in [-0.4, -0.2) is 50.6 Å². The lowest BCUT2D eigenvalue weighted by Gasteiger charge is -2.32. The van der Waals surface area contributed by atoms with Crippen molar-refractivity contribution in [3.63, 3.8) is 0 Å². The van der Waals surface area contributed by atoms with E-state index in [2.05, 4.69) is 30.9 Å². The van der Waals surface area contributed by atoms with Gasteiger partial charge in [-0.15, -0.1) is 0 Å². The molecule has 1 saturated carbocycles. The van der Waals surface area contributed by atoms with Crippen LogP contribution in [0.25, 0.3) is 16.9 Å². The summed E-state index contributed by atoms with van der Waals surface area (Å²) < 4.78 is 43.6. The minimum atomic E-state index is -4.54. The van der Waals surface area contributed by atoms with Gasteiger partial charge in [-0.05, 0) is 61.9 Å². The maximum atomic E-state index is 13.9. The maximum Gasteiger partial charge on any atom is 0.416 e. The molecule has 0 atom stereocenters. The van der Waals surface area contributed by atoms with Gasteiger partial charge >= 0.3 is 12.2 Å². The number of halogens is 3. The van der Waals surface area contributed by atoms with Crippen molar-refractivity contribution in [1.29, 1.82) is 0 Å². The number of carbonyl (C=O) groups excluding carboxylic acids is 1. The Labute approximate surface area is 229 Å². The number of rotatable bonds is 7. The smallest absolute Gasteiger partial charge is 0.371 e. The standard InChI is InChI=1S/C28H31F3N8O/c1-32-25-24-26(34-16-33-25)39(17-35-24)22-12-10-19(11-13-22)36-27(40)37-20-9-8-18(23(14-20)28(29,30)31)15-38(2)21-6-4-3-5-7-21/h8-14,16-17,21H,3-7,15H2,1-2H3,(H,32,33,34)(H2,36,37,40). The fourth-order valence-corrected chi connectivity index (χ4v) is 5.18. The quantitative estimate of drug-likeness (QED) is 0.249. The number of hydrogen-bond acceptors (Lipinski definition) is 6. The van der Waals surface area contributed by atoms with Crippen molar-refractivity contribution < 1.29 is 18.0 Å². The zero-order valence-electron chi connectivity index (χ0n) is 22.3. The molecule has 2 amide bonds. The molecule has 4 aromatic rings.